The van der Waals surface area contributed by atoms with Gasteiger partial charge in [0.15, 0.2) is 0 Å². The summed E-state index contributed by atoms with van der Waals surface area (Å²) >= 11 is 5.51. The molecule has 1 aromatic rings. The van der Waals surface area contributed by atoms with Crippen molar-refractivity contribution in [2.24, 2.45) is 11.7 Å². The molecule has 18 heavy (non-hydrogen) atoms. The fraction of sp³-hybridized carbons (Fsp3) is 0.714. The van der Waals surface area contributed by atoms with Gasteiger partial charge in [0, 0.05) is 26.8 Å². The van der Waals surface area contributed by atoms with Crippen molar-refractivity contribution in [1.82, 2.24) is 4.90 Å². The van der Waals surface area contributed by atoms with Crippen LogP contribution in [0.2, 0.25) is 0 Å². The van der Waals surface area contributed by atoms with Crippen molar-refractivity contribution in [1.29, 1.82) is 0 Å². The molecule has 0 bridgehead atoms. The van der Waals surface area contributed by atoms with E-state index in [1.54, 1.807) is 0 Å². The number of halogens is 1. The minimum absolute atomic E-state index is 0.696. The van der Waals surface area contributed by atoms with Gasteiger partial charge in [-0.25, -0.2) is 0 Å². The molecule has 0 aromatic carbocycles. The largest absolute Gasteiger partial charge is 0.330 e. The minimum atomic E-state index is 0.696. The van der Waals surface area contributed by atoms with E-state index in [0.717, 1.165) is 19.6 Å². The monoisotopic (exact) mass is 330 g/mol. The Hall–Kier alpha value is 0.1000. The van der Waals surface area contributed by atoms with Crippen molar-refractivity contribution >= 4 is 27.3 Å². The average molecular weight is 331 g/mol. The molecule has 2 atom stereocenters. The van der Waals surface area contributed by atoms with Crippen molar-refractivity contribution in [3.05, 3.63) is 20.3 Å². The topological polar surface area (TPSA) is 29.3 Å². The van der Waals surface area contributed by atoms with Gasteiger partial charge in [0.1, 0.15) is 0 Å². The van der Waals surface area contributed by atoms with Crippen LogP contribution in [0.15, 0.2) is 10.5 Å². The Bertz CT molecular complexity index is 372. The van der Waals surface area contributed by atoms with E-state index in [9.17, 15) is 0 Å². The van der Waals surface area contributed by atoms with E-state index in [-0.39, 0.29) is 0 Å². The molecule has 0 aliphatic heterocycles. The summed E-state index contributed by atoms with van der Waals surface area (Å²) in [7, 11) is 0. The van der Waals surface area contributed by atoms with E-state index in [4.69, 9.17) is 5.73 Å². The Labute approximate surface area is 123 Å². The third-order valence-corrected chi connectivity index (χ3v) is 6.19. The van der Waals surface area contributed by atoms with Crippen LogP contribution in [0.1, 0.15) is 35.9 Å². The maximum absolute atomic E-state index is 5.91. The highest BCUT2D eigenvalue weighted by Gasteiger charge is 2.30. The number of rotatable bonds is 5. The summed E-state index contributed by atoms with van der Waals surface area (Å²) in [5.41, 5.74) is 5.91. The second-order valence-electron chi connectivity index (χ2n) is 5.17. The van der Waals surface area contributed by atoms with Crippen LogP contribution in [0.5, 0.6) is 0 Å². The van der Waals surface area contributed by atoms with E-state index < -0.39 is 0 Å². The Kier molecular flexibility index (Phi) is 5.24. The third-order valence-electron chi connectivity index (χ3n) is 4.06. The van der Waals surface area contributed by atoms with Gasteiger partial charge in [-0.2, -0.15) is 0 Å². The summed E-state index contributed by atoms with van der Waals surface area (Å²) in [6, 6.07) is 2.97. The SMILES string of the molecule is CCN(Cc1cc(Br)c(C)s1)C1CCCC1CN. The first kappa shape index (κ1) is 14.5. The molecular weight excluding hydrogens is 308 g/mol. The maximum Gasteiger partial charge on any atom is 0.0331 e. The highest BCUT2D eigenvalue weighted by atomic mass is 79.9. The number of hydrogen-bond donors (Lipinski definition) is 1. The lowest BCUT2D eigenvalue weighted by atomic mass is 10.0. The maximum atomic E-state index is 5.91. The molecule has 2 unspecified atom stereocenters. The van der Waals surface area contributed by atoms with E-state index in [2.05, 4.69) is 40.7 Å². The lowest BCUT2D eigenvalue weighted by Crippen LogP contribution is -2.39. The van der Waals surface area contributed by atoms with Crippen molar-refractivity contribution < 1.29 is 0 Å². The quantitative estimate of drug-likeness (QED) is 0.890. The Balaban J connectivity index is 2.04. The van der Waals surface area contributed by atoms with E-state index in [1.165, 1.54) is 33.5 Å². The van der Waals surface area contributed by atoms with Crippen molar-refractivity contribution in [2.75, 3.05) is 13.1 Å². The molecule has 0 radical (unpaired) electrons. The minimum Gasteiger partial charge on any atom is -0.330 e. The molecule has 0 amide bonds. The molecule has 2 rings (SSSR count). The molecule has 4 heteroatoms. The summed E-state index contributed by atoms with van der Waals surface area (Å²) in [4.78, 5) is 5.45. The van der Waals surface area contributed by atoms with Crippen LogP contribution in [0.4, 0.5) is 0 Å². The molecule has 1 heterocycles. The zero-order valence-electron chi connectivity index (χ0n) is 11.3. The van der Waals surface area contributed by atoms with Gasteiger partial charge in [-0.1, -0.05) is 13.3 Å². The van der Waals surface area contributed by atoms with Gasteiger partial charge in [0.05, 0.1) is 0 Å². The number of hydrogen-bond acceptors (Lipinski definition) is 3. The highest BCUT2D eigenvalue weighted by molar-refractivity contribution is 9.10. The van der Waals surface area contributed by atoms with Crippen LogP contribution in [0, 0.1) is 12.8 Å². The first-order valence-electron chi connectivity index (χ1n) is 6.84. The van der Waals surface area contributed by atoms with Crippen molar-refractivity contribution in [2.45, 2.75) is 45.7 Å². The van der Waals surface area contributed by atoms with Crippen LogP contribution >= 0.6 is 27.3 Å². The van der Waals surface area contributed by atoms with Crippen LogP contribution in [-0.4, -0.2) is 24.0 Å². The Morgan fingerprint density at radius 2 is 2.28 bits per heavy atom. The molecule has 1 aliphatic rings. The van der Waals surface area contributed by atoms with Crippen LogP contribution in [0.3, 0.4) is 0 Å². The highest BCUT2D eigenvalue weighted by Crippen LogP contribution is 2.32. The van der Waals surface area contributed by atoms with Gasteiger partial charge in [0.2, 0.25) is 0 Å². The van der Waals surface area contributed by atoms with Crippen LogP contribution < -0.4 is 5.73 Å². The molecule has 1 aromatic heterocycles. The first-order valence-corrected chi connectivity index (χ1v) is 8.45. The smallest absolute Gasteiger partial charge is 0.0331 e. The van der Waals surface area contributed by atoms with Crippen molar-refractivity contribution in [3.8, 4) is 0 Å². The third kappa shape index (κ3) is 3.16. The number of aryl methyl sites for hydroxylation is 1. The lowest BCUT2D eigenvalue weighted by molar-refractivity contribution is 0.163. The van der Waals surface area contributed by atoms with Gasteiger partial charge < -0.3 is 5.73 Å². The standard InChI is InChI=1S/C14H23BrN2S/c1-3-17(14-6-4-5-11(14)8-16)9-12-7-13(15)10(2)18-12/h7,11,14H,3-6,8-9,16H2,1-2H3. The molecule has 0 spiro atoms. The number of nitrogens with zero attached hydrogens (tertiary/aromatic N) is 1. The summed E-state index contributed by atoms with van der Waals surface area (Å²) in [5, 5.41) is 0. The van der Waals surface area contributed by atoms with E-state index in [0.29, 0.717) is 12.0 Å². The summed E-state index contributed by atoms with van der Waals surface area (Å²) in [6.07, 6.45) is 3.97. The molecule has 102 valence electrons. The van der Waals surface area contributed by atoms with Crippen LogP contribution in [0.25, 0.3) is 0 Å². The molecule has 1 saturated carbocycles. The van der Waals surface area contributed by atoms with Gasteiger partial charge in [0.25, 0.3) is 0 Å². The lowest BCUT2D eigenvalue weighted by Gasteiger charge is -2.31. The molecule has 0 saturated heterocycles. The zero-order chi connectivity index (χ0) is 13.1. The first-order chi connectivity index (χ1) is 8.65. The van der Waals surface area contributed by atoms with Gasteiger partial charge >= 0.3 is 0 Å². The molecule has 1 aliphatic carbocycles. The second kappa shape index (κ2) is 6.51. The fourth-order valence-electron chi connectivity index (χ4n) is 3.03. The van der Waals surface area contributed by atoms with E-state index >= 15 is 0 Å². The van der Waals surface area contributed by atoms with E-state index in [1.807, 2.05) is 11.3 Å². The Morgan fingerprint density at radius 3 is 2.83 bits per heavy atom. The second-order valence-corrected chi connectivity index (χ2v) is 7.37. The molecular formula is C14H23BrN2S. The molecule has 2 nitrogen and oxygen atoms in total. The van der Waals surface area contributed by atoms with Gasteiger partial charge in [-0.3, -0.25) is 4.90 Å². The normalized spacial score (nSPS) is 24.1. The molecule has 2 N–H and O–H groups in total. The van der Waals surface area contributed by atoms with Gasteiger partial charge in [-0.15, -0.1) is 11.3 Å². The summed E-state index contributed by atoms with van der Waals surface area (Å²) < 4.78 is 1.25. The number of nitrogens with two attached hydrogens (primary N) is 1. The fourth-order valence-corrected chi connectivity index (χ4v) is 4.66. The summed E-state index contributed by atoms with van der Waals surface area (Å²) in [5.74, 6) is 0.703. The summed E-state index contributed by atoms with van der Waals surface area (Å²) in [6.45, 7) is 7.48. The van der Waals surface area contributed by atoms with Crippen molar-refractivity contribution in [3.63, 3.8) is 0 Å². The Morgan fingerprint density at radius 1 is 1.50 bits per heavy atom. The van der Waals surface area contributed by atoms with Gasteiger partial charge in [-0.05, 0) is 60.8 Å². The number of thiophene rings is 1. The average Bonchev–Trinajstić information content (AvgIpc) is 2.94. The zero-order valence-corrected chi connectivity index (χ0v) is 13.7. The van der Waals surface area contributed by atoms with Crippen LogP contribution in [-0.2, 0) is 6.54 Å². The predicted octanol–water partition coefficient (Wildman–Crippen LogP) is 3.77. The predicted molar refractivity (Wildman–Crippen MR) is 83.0 cm³/mol. The molecule has 1 fully saturated rings.